The minimum atomic E-state index is -0.480. The Hall–Kier alpha value is -3.37. The third kappa shape index (κ3) is 6.50. The maximum absolute atomic E-state index is 12.5. The number of hydrogen-bond acceptors (Lipinski definition) is 7. The minimum Gasteiger partial charge on any atom is -0.490 e. The number of ether oxygens (including phenoxy) is 2. The van der Waals surface area contributed by atoms with Gasteiger partial charge in [-0.3, -0.25) is 14.9 Å². The van der Waals surface area contributed by atoms with Gasteiger partial charge in [-0.05, 0) is 48.9 Å². The molecule has 4 aromatic rings. The van der Waals surface area contributed by atoms with Gasteiger partial charge in [0.2, 0.25) is 0 Å². The Morgan fingerprint density at radius 2 is 1.89 bits per heavy atom. The van der Waals surface area contributed by atoms with Crippen molar-refractivity contribution >= 4 is 74.0 Å². The van der Waals surface area contributed by atoms with E-state index in [1.165, 1.54) is 29.7 Å². The monoisotopic (exact) mass is 577 g/mol. The molecular formula is C25H18Cl3N3O5S. The van der Waals surface area contributed by atoms with Crippen LogP contribution in [0, 0.1) is 10.1 Å². The molecule has 0 aliphatic carbocycles. The van der Waals surface area contributed by atoms with E-state index in [1.54, 1.807) is 42.5 Å². The highest BCUT2D eigenvalue weighted by Gasteiger charge is 2.15. The number of nitro groups is 1. The van der Waals surface area contributed by atoms with E-state index < -0.39 is 10.8 Å². The fraction of sp³-hybridized carbons (Fsp3) is 0.120. The van der Waals surface area contributed by atoms with Gasteiger partial charge in [-0.25, -0.2) is 5.43 Å². The van der Waals surface area contributed by atoms with Crippen LogP contribution < -0.4 is 14.9 Å². The van der Waals surface area contributed by atoms with Crippen LogP contribution in [0.1, 0.15) is 27.7 Å². The molecule has 0 spiro atoms. The summed E-state index contributed by atoms with van der Waals surface area (Å²) in [5.74, 6) is 0.296. The van der Waals surface area contributed by atoms with Gasteiger partial charge in [0.05, 0.1) is 27.6 Å². The van der Waals surface area contributed by atoms with Crippen molar-refractivity contribution < 1.29 is 19.2 Å². The molecule has 8 nitrogen and oxygen atoms in total. The van der Waals surface area contributed by atoms with Crippen LogP contribution >= 0.6 is 46.1 Å². The van der Waals surface area contributed by atoms with Crippen LogP contribution in [-0.4, -0.2) is 23.7 Å². The third-order valence-corrected chi connectivity index (χ3v) is 7.02. The van der Waals surface area contributed by atoms with E-state index in [9.17, 15) is 14.9 Å². The topological polar surface area (TPSA) is 103 Å². The predicted octanol–water partition coefficient (Wildman–Crippen LogP) is 7.51. The molecule has 3 aromatic carbocycles. The number of halogens is 3. The van der Waals surface area contributed by atoms with Crippen LogP contribution in [-0.2, 0) is 6.61 Å². The van der Waals surface area contributed by atoms with Crippen molar-refractivity contribution in [1.82, 2.24) is 5.43 Å². The Kier molecular flexibility index (Phi) is 8.50. The first-order valence-electron chi connectivity index (χ1n) is 10.8. The van der Waals surface area contributed by atoms with Gasteiger partial charge in [-0.2, -0.15) is 5.10 Å². The van der Waals surface area contributed by atoms with E-state index in [0.717, 1.165) is 10.3 Å². The average Bonchev–Trinajstić information content (AvgIpc) is 3.28. The predicted molar refractivity (Wildman–Crippen MR) is 147 cm³/mol. The van der Waals surface area contributed by atoms with Gasteiger partial charge in [0.15, 0.2) is 11.5 Å². The van der Waals surface area contributed by atoms with Crippen LogP contribution in [0.4, 0.5) is 5.69 Å². The number of thiophene rings is 1. The number of rotatable bonds is 9. The van der Waals surface area contributed by atoms with Crippen LogP contribution in [0.3, 0.4) is 0 Å². The molecule has 1 aromatic heterocycles. The molecule has 190 valence electrons. The maximum Gasteiger partial charge on any atom is 0.281 e. The van der Waals surface area contributed by atoms with Crippen LogP contribution in [0.25, 0.3) is 10.1 Å². The largest absolute Gasteiger partial charge is 0.490 e. The smallest absolute Gasteiger partial charge is 0.281 e. The van der Waals surface area contributed by atoms with Crippen molar-refractivity contribution in [1.29, 1.82) is 0 Å². The Labute approximate surface area is 230 Å². The fourth-order valence-corrected chi connectivity index (χ4v) is 5.00. The highest BCUT2D eigenvalue weighted by molar-refractivity contribution is 7.20. The molecule has 1 N–H and O–H groups in total. The summed E-state index contributed by atoms with van der Waals surface area (Å²) in [5.41, 5.74) is 3.71. The van der Waals surface area contributed by atoms with E-state index >= 15 is 0 Å². The Bertz CT molecular complexity index is 1520. The molecule has 0 atom stereocenters. The lowest BCUT2D eigenvalue weighted by Gasteiger charge is -2.15. The summed E-state index contributed by atoms with van der Waals surface area (Å²) in [6.07, 6.45) is 1.42. The number of nitro benzene ring substituents is 1. The first-order valence-corrected chi connectivity index (χ1v) is 12.7. The molecule has 0 aliphatic heterocycles. The highest BCUT2D eigenvalue weighted by atomic mass is 35.5. The Morgan fingerprint density at radius 3 is 2.62 bits per heavy atom. The van der Waals surface area contributed by atoms with Gasteiger partial charge in [0.1, 0.15) is 6.61 Å². The molecule has 1 heterocycles. The molecule has 37 heavy (non-hydrogen) atoms. The second kappa shape index (κ2) is 11.8. The molecule has 0 fully saturated rings. The zero-order chi connectivity index (χ0) is 26.5. The summed E-state index contributed by atoms with van der Waals surface area (Å²) in [6.45, 7) is 2.35. The average molecular weight is 579 g/mol. The SMILES string of the molecule is CCOc1cc(/C=N\NC(=O)c2cc3cc([N+](=O)[O-])ccc3s2)cc(Cl)c1OCc1ccc(Cl)cc1Cl. The zero-order valence-electron chi connectivity index (χ0n) is 19.2. The van der Waals surface area contributed by atoms with Crippen molar-refractivity contribution in [3.8, 4) is 11.5 Å². The molecule has 0 unspecified atom stereocenters. The number of amides is 1. The van der Waals surface area contributed by atoms with Crippen LogP contribution in [0.5, 0.6) is 11.5 Å². The van der Waals surface area contributed by atoms with Gasteiger partial charge in [0, 0.05) is 37.8 Å². The summed E-state index contributed by atoms with van der Waals surface area (Å²) >= 11 is 19.8. The lowest BCUT2D eigenvalue weighted by molar-refractivity contribution is -0.384. The molecular weight excluding hydrogens is 561 g/mol. The molecule has 0 saturated heterocycles. The second-order valence-corrected chi connectivity index (χ2v) is 9.91. The lowest BCUT2D eigenvalue weighted by Crippen LogP contribution is -2.16. The number of benzene rings is 3. The van der Waals surface area contributed by atoms with Crippen molar-refractivity contribution in [3.05, 3.63) is 95.8 Å². The molecule has 0 bridgehead atoms. The van der Waals surface area contributed by atoms with Gasteiger partial charge >= 0.3 is 0 Å². The first kappa shape index (κ1) is 26.7. The van der Waals surface area contributed by atoms with Gasteiger partial charge in [-0.1, -0.05) is 40.9 Å². The molecule has 12 heteroatoms. The number of hydrazone groups is 1. The third-order valence-electron chi connectivity index (χ3n) is 5.03. The number of nitrogens with zero attached hydrogens (tertiary/aromatic N) is 2. The highest BCUT2D eigenvalue weighted by Crippen LogP contribution is 2.37. The Morgan fingerprint density at radius 1 is 1.08 bits per heavy atom. The molecule has 0 radical (unpaired) electrons. The summed E-state index contributed by atoms with van der Waals surface area (Å²) < 4.78 is 12.3. The van der Waals surface area contributed by atoms with E-state index in [4.69, 9.17) is 44.3 Å². The van der Waals surface area contributed by atoms with Gasteiger partial charge < -0.3 is 9.47 Å². The number of fused-ring (bicyclic) bond motifs is 1. The number of carbonyl (C=O) groups excluding carboxylic acids is 1. The van der Waals surface area contributed by atoms with Crippen molar-refractivity contribution in [2.24, 2.45) is 5.10 Å². The standard InChI is InChI=1S/C25H18Cl3N3O5S/c1-2-35-21-8-14(7-20(28)24(21)36-13-15-3-4-17(26)11-19(15)27)12-29-30-25(32)23-10-16-9-18(31(33)34)5-6-22(16)37-23/h3-12H,2,13H2,1H3,(H,30,32)/b29-12-. The van der Waals surface area contributed by atoms with Crippen molar-refractivity contribution in [2.75, 3.05) is 6.61 Å². The summed E-state index contributed by atoms with van der Waals surface area (Å²) in [6, 6.07) is 14.4. The number of nitrogens with one attached hydrogen (secondary N) is 1. The normalized spacial score (nSPS) is 11.1. The Balaban J connectivity index is 1.47. The molecule has 0 saturated carbocycles. The maximum atomic E-state index is 12.5. The van der Waals surface area contributed by atoms with E-state index in [2.05, 4.69) is 10.5 Å². The number of hydrogen-bond donors (Lipinski definition) is 1. The number of non-ortho nitro benzene ring substituents is 1. The first-order chi connectivity index (χ1) is 17.7. The second-order valence-electron chi connectivity index (χ2n) is 7.58. The quantitative estimate of drug-likeness (QED) is 0.126. The molecule has 4 rings (SSSR count). The van der Waals surface area contributed by atoms with E-state index in [-0.39, 0.29) is 17.3 Å². The van der Waals surface area contributed by atoms with E-state index in [1.807, 2.05) is 6.92 Å². The van der Waals surface area contributed by atoms with Crippen LogP contribution in [0.2, 0.25) is 15.1 Å². The number of carbonyl (C=O) groups is 1. The summed E-state index contributed by atoms with van der Waals surface area (Å²) in [7, 11) is 0. The van der Waals surface area contributed by atoms with Crippen LogP contribution in [0.15, 0.2) is 59.7 Å². The lowest BCUT2D eigenvalue weighted by atomic mass is 10.2. The van der Waals surface area contributed by atoms with Crippen molar-refractivity contribution in [2.45, 2.75) is 13.5 Å². The minimum absolute atomic E-state index is 0.0408. The molecule has 0 aliphatic rings. The summed E-state index contributed by atoms with van der Waals surface area (Å²) in [5, 5.41) is 16.9. The van der Waals surface area contributed by atoms with Gasteiger partial charge in [-0.15, -0.1) is 11.3 Å². The van der Waals surface area contributed by atoms with E-state index in [0.29, 0.717) is 44.0 Å². The van der Waals surface area contributed by atoms with Gasteiger partial charge in [0.25, 0.3) is 11.6 Å². The van der Waals surface area contributed by atoms with Crippen molar-refractivity contribution in [3.63, 3.8) is 0 Å². The fourth-order valence-electron chi connectivity index (χ4n) is 3.33. The summed E-state index contributed by atoms with van der Waals surface area (Å²) in [4.78, 5) is 23.4. The molecule has 1 amide bonds. The zero-order valence-corrected chi connectivity index (χ0v) is 22.2.